The lowest BCUT2D eigenvalue weighted by Crippen LogP contribution is -2.46. The summed E-state index contributed by atoms with van der Waals surface area (Å²) in [7, 11) is 0. The highest BCUT2D eigenvalue weighted by atomic mass is 16.4. The van der Waals surface area contributed by atoms with Crippen molar-refractivity contribution in [3.8, 4) is 0 Å². The van der Waals surface area contributed by atoms with Crippen molar-refractivity contribution in [2.45, 2.75) is 77.2 Å². The first-order chi connectivity index (χ1) is 10.1. The first kappa shape index (κ1) is 16.3. The molecule has 3 atom stereocenters. The molecule has 0 bridgehead atoms. The summed E-state index contributed by atoms with van der Waals surface area (Å²) in [5, 5.41) is 12.5. The molecule has 0 saturated heterocycles. The predicted octanol–water partition coefficient (Wildman–Crippen LogP) is 3.35. The Kier molecular flexibility index (Phi) is 6.07. The van der Waals surface area contributed by atoms with Crippen LogP contribution >= 0.6 is 0 Å². The second kappa shape index (κ2) is 7.81. The van der Waals surface area contributed by atoms with Crippen LogP contribution in [0.5, 0.6) is 0 Å². The standard InChI is InChI=1S/C17H29NO3/c1-2-15(12-8-4-3-5-9-12)18-16(19)13-10-6-7-11-14(13)17(20)21/h12-15H,2-11H2,1H3,(H,18,19)(H,20,21)/t13-,14+,15?/m1/s1. The summed E-state index contributed by atoms with van der Waals surface area (Å²) in [5.41, 5.74) is 0. The van der Waals surface area contributed by atoms with E-state index in [4.69, 9.17) is 0 Å². The van der Waals surface area contributed by atoms with Crippen LogP contribution in [0.4, 0.5) is 0 Å². The van der Waals surface area contributed by atoms with Crippen LogP contribution in [0.2, 0.25) is 0 Å². The van der Waals surface area contributed by atoms with E-state index < -0.39 is 11.9 Å². The normalized spacial score (nSPS) is 28.8. The maximum absolute atomic E-state index is 12.6. The van der Waals surface area contributed by atoms with Gasteiger partial charge in [-0.05, 0) is 38.0 Å². The topological polar surface area (TPSA) is 66.4 Å². The molecule has 0 heterocycles. The first-order valence-electron chi connectivity index (χ1n) is 8.66. The lowest BCUT2D eigenvalue weighted by atomic mass is 9.78. The van der Waals surface area contributed by atoms with Crippen LogP contribution in [0.3, 0.4) is 0 Å². The lowest BCUT2D eigenvalue weighted by molar-refractivity contribution is -0.149. The third-order valence-corrected chi connectivity index (χ3v) is 5.41. The van der Waals surface area contributed by atoms with Crippen molar-refractivity contribution in [1.82, 2.24) is 5.32 Å². The third-order valence-electron chi connectivity index (χ3n) is 5.41. The average Bonchev–Trinajstić information content (AvgIpc) is 2.53. The van der Waals surface area contributed by atoms with Crippen molar-refractivity contribution >= 4 is 11.9 Å². The minimum Gasteiger partial charge on any atom is -0.481 e. The summed E-state index contributed by atoms with van der Waals surface area (Å²) in [6, 6.07) is 0.231. The van der Waals surface area contributed by atoms with E-state index in [9.17, 15) is 14.7 Å². The summed E-state index contributed by atoms with van der Waals surface area (Å²) >= 11 is 0. The quantitative estimate of drug-likeness (QED) is 0.817. The second-order valence-electron chi connectivity index (χ2n) is 6.76. The molecule has 2 aliphatic rings. The van der Waals surface area contributed by atoms with Gasteiger partial charge in [0, 0.05) is 6.04 Å². The maximum atomic E-state index is 12.6. The highest BCUT2D eigenvalue weighted by Gasteiger charge is 2.37. The maximum Gasteiger partial charge on any atom is 0.307 e. The predicted molar refractivity (Wildman–Crippen MR) is 81.9 cm³/mol. The Morgan fingerprint density at radius 2 is 1.57 bits per heavy atom. The van der Waals surface area contributed by atoms with E-state index in [2.05, 4.69) is 12.2 Å². The van der Waals surface area contributed by atoms with Crippen LogP contribution in [0.1, 0.15) is 71.1 Å². The Labute approximate surface area is 127 Å². The van der Waals surface area contributed by atoms with E-state index >= 15 is 0 Å². The number of rotatable bonds is 5. The summed E-state index contributed by atoms with van der Waals surface area (Å²) in [6.45, 7) is 2.12. The van der Waals surface area contributed by atoms with Gasteiger partial charge in [-0.3, -0.25) is 9.59 Å². The molecule has 4 nitrogen and oxygen atoms in total. The average molecular weight is 295 g/mol. The van der Waals surface area contributed by atoms with Gasteiger partial charge >= 0.3 is 5.97 Å². The second-order valence-corrected chi connectivity index (χ2v) is 6.76. The molecule has 120 valence electrons. The zero-order valence-electron chi connectivity index (χ0n) is 13.1. The van der Waals surface area contributed by atoms with Gasteiger partial charge in [0.05, 0.1) is 11.8 Å². The molecule has 1 unspecified atom stereocenters. The van der Waals surface area contributed by atoms with E-state index in [0.717, 1.165) is 25.7 Å². The molecule has 0 aliphatic heterocycles. The number of nitrogens with one attached hydrogen (secondary N) is 1. The zero-order valence-corrected chi connectivity index (χ0v) is 13.1. The Balaban J connectivity index is 1.95. The third kappa shape index (κ3) is 4.21. The van der Waals surface area contributed by atoms with Gasteiger partial charge in [-0.1, -0.05) is 39.0 Å². The SMILES string of the molecule is CCC(NC(=O)[C@@H]1CCCC[C@@H]1C(=O)O)C1CCCCC1. The smallest absolute Gasteiger partial charge is 0.307 e. The molecule has 2 N–H and O–H groups in total. The number of hydrogen-bond acceptors (Lipinski definition) is 2. The minimum atomic E-state index is -0.805. The van der Waals surface area contributed by atoms with Crippen molar-refractivity contribution in [2.24, 2.45) is 17.8 Å². The van der Waals surface area contributed by atoms with Crippen LogP contribution in [-0.4, -0.2) is 23.0 Å². The van der Waals surface area contributed by atoms with E-state index in [1.165, 1.54) is 32.1 Å². The molecular weight excluding hydrogens is 266 g/mol. The number of carbonyl (C=O) groups excluding carboxylic acids is 1. The van der Waals surface area contributed by atoms with Crippen molar-refractivity contribution in [2.75, 3.05) is 0 Å². The zero-order chi connectivity index (χ0) is 15.2. The molecule has 0 aromatic carbocycles. The van der Waals surface area contributed by atoms with Crippen molar-refractivity contribution in [1.29, 1.82) is 0 Å². The Bertz CT molecular complexity index is 363. The largest absolute Gasteiger partial charge is 0.481 e. The Morgan fingerprint density at radius 1 is 1.00 bits per heavy atom. The monoisotopic (exact) mass is 295 g/mol. The van der Waals surface area contributed by atoms with Gasteiger partial charge in [-0.2, -0.15) is 0 Å². The fraction of sp³-hybridized carbons (Fsp3) is 0.882. The molecule has 0 aromatic rings. The van der Waals surface area contributed by atoms with Crippen molar-refractivity contribution in [3.05, 3.63) is 0 Å². The molecule has 2 saturated carbocycles. The van der Waals surface area contributed by atoms with Gasteiger partial charge in [-0.25, -0.2) is 0 Å². The van der Waals surface area contributed by atoms with Gasteiger partial charge in [-0.15, -0.1) is 0 Å². The number of hydrogen-bond donors (Lipinski definition) is 2. The molecule has 2 rings (SSSR count). The molecule has 0 spiro atoms. The van der Waals surface area contributed by atoms with Gasteiger partial charge in [0.2, 0.25) is 5.91 Å². The molecular formula is C17H29NO3. The highest BCUT2D eigenvalue weighted by molar-refractivity contribution is 5.85. The molecule has 21 heavy (non-hydrogen) atoms. The van der Waals surface area contributed by atoms with Crippen LogP contribution in [-0.2, 0) is 9.59 Å². The van der Waals surface area contributed by atoms with Crippen LogP contribution in [0.15, 0.2) is 0 Å². The summed E-state index contributed by atoms with van der Waals surface area (Å²) in [6.07, 6.45) is 10.5. The fourth-order valence-corrected chi connectivity index (χ4v) is 4.12. The minimum absolute atomic E-state index is 0.0143. The van der Waals surface area contributed by atoms with Gasteiger partial charge in [0.1, 0.15) is 0 Å². The molecule has 1 amide bonds. The van der Waals surface area contributed by atoms with Crippen LogP contribution < -0.4 is 5.32 Å². The van der Waals surface area contributed by atoms with E-state index in [0.29, 0.717) is 12.3 Å². The molecule has 2 aliphatic carbocycles. The number of carboxylic acids is 1. The van der Waals surface area contributed by atoms with Gasteiger partial charge < -0.3 is 10.4 Å². The molecule has 2 fully saturated rings. The van der Waals surface area contributed by atoms with Crippen LogP contribution in [0.25, 0.3) is 0 Å². The summed E-state index contributed by atoms with van der Waals surface area (Å²) in [4.78, 5) is 23.9. The highest BCUT2D eigenvalue weighted by Crippen LogP contribution is 2.32. The van der Waals surface area contributed by atoms with Crippen molar-refractivity contribution < 1.29 is 14.7 Å². The molecule has 0 radical (unpaired) electrons. The molecule has 0 aromatic heterocycles. The number of aliphatic carboxylic acids is 1. The van der Waals surface area contributed by atoms with E-state index in [1.54, 1.807) is 0 Å². The Morgan fingerprint density at radius 3 is 2.14 bits per heavy atom. The number of amides is 1. The summed E-state index contributed by atoms with van der Waals surface area (Å²) in [5.74, 6) is -1.05. The summed E-state index contributed by atoms with van der Waals surface area (Å²) < 4.78 is 0. The Hall–Kier alpha value is -1.06. The number of carboxylic acid groups (broad SMARTS) is 1. The lowest BCUT2D eigenvalue weighted by Gasteiger charge is -2.33. The molecule has 4 heteroatoms. The van der Waals surface area contributed by atoms with E-state index in [1.807, 2.05) is 0 Å². The van der Waals surface area contributed by atoms with Crippen molar-refractivity contribution in [3.63, 3.8) is 0 Å². The first-order valence-corrected chi connectivity index (χ1v) is 8.66. The van der Waals surface area contributed by atoms with Gasteiger partial charge in [0.15, 0.2) is 0 Å². The van der Waals surface area contributed by atoms with Crippen LogP contribution in [0, 0.1) is 17.8 Å². The number of carbonyl (C=O) groups is 2. The van der Waals surface area contributed by atoms with E-state index in [-0.39, 0.29) is 17.9 Å². The fourth-order valence-electron chi connectivity index (χ4n) is 4.12. The van der Waals surface area contributed by atoms with Gasteiger partial charge in [0.25, 0.3) is 0 Å².